The lowest BCUT2D eigenvalue weighted by molar-refractivity contribution is 0.0987. The van der Waals surface area contributed by atoms with Gasteiger partial charge in [0, 0.05) is 12.0 Å². The highest BCUT2D eigenvalue weighted by Crippen LogP contribution is 2.16. The van der Waals surface area contributed by atoms with Crippen LogP contribution in [0.3, 0.4) is 0 Å². The number of methoxy groups -OCH3 is 1. The van der Waals surface area contributed by atoms with Crippen molar-refractivity contribution >= 4 is 5.78 Å². The number of ketones is 1. The second kappa shape index (κ2) is 6.90. The van der Waals surface area contributed by atoms with Crippen LogP contribution >= 0.6 is 0 Å². The zero-order valence-electron chi connectivity index (χ0n) is 12.1. The molecule has 0 bridgehead atoms. The summed E-state index contributed by atoms with van der Waals surface area (Å²) in [5, 5.41) is 0. The molecule has 0 atom stereocenters. The second-order valence-electron chi connectivity index (χ2n) is 4.78. The van der Waals surface area contributed by atoms with E-state index in [4.69, 9.17) is 4.74 Å². The molecule has 2 aromatic carbocycles. The molecular formula is C18H20O2. The Bertz CT molecular complexity index is 570. The van der Waals surface area contributed by atoms with Crippen LogP contribution in [0.25, 0.3) is 0 Å². The highest BCUT2D eigenvalue weighted by atomic mass is 16.5. The van der Waals surface area contributed by atoms with Crippen molar-refractivity contribution in [3.8, 4) is 5.75 Å². The quantitative estimate of drug-likeness (QED) is 0.738. The van der Waals surface area contributed by atoms with Gasteiger partial charge in [0.1, 0.15) is 5.75 Å². The number of hydrogen-bond donors (Lipinski definition) is 0. The van der Waals surface area contributed by atoms with E-state index in [1.807, 2.05) is 43.3 Å². The van der Waals surface area contributed by atoms with Crippen molar-refractivity contribution in [1.29, 1.82) is 0 Å². The minimum Gasteiger partial charge on any atom is -0.497 e. The van der Waals surface area contributed by atoms with Crippen molar-refractivity contribution in [2.75, 3.05) is 7.11 Å². The van der Waals surface area contributed by atoms with Crippen molar-refractivity contribution < 1.29 is 9.53 Å². The molecule has 2 rings (SSSR count). The van der Waals surface area contributed by atoms with Gasteiger partial charge in [-0.05, 0) is 36.1 Å². The van der Waals surface area contributed by atoms with Gasteiger partial charge in [0.15, 0.2) is 5.78 Å². The first-order valence-corrected chi connectivity index (χ1v) is 6.98. The summed E-state index contributed by atoms with van der Waals surface area (Å²) in [4.78, 5) is 11.9. The number of carbonyl (C=O) groups excluding carboxylic acids is 1. The number of rotatable bonds is 6. The van der Waals surface area contributed by atoms with E-state index in [-0.39, 0.29) is 5.78 Å². The Morgan fingerprint density at radius 3 is 2.35 bits per heavy atom. The molecule has 0 unspecified atom stereocenters. The van der Waals surface area contributed by atoms with Gasteiger partial charge in [0.05, 0.1) is 7.11 Å². The Morgan fingerprint density at radius 2 is 1.70 bits per heavy atom. The van der Waals surface area contributed by atoms with Crippen LogP contribution in [-0.4, -0.2) is 12.9 Å². The summed E-state index contributed by atoms with van der Waals surface area (Å²) in [7, 11) is 1.67. The lowest BCUT2D eigenvalue weighted by Crippen LogP contribution is -2.03. The van der Waals surface area contributed by atoms with Crippen molar-refractivity contribution in [2.45, 2.75) is 26.2 Å². The molecule has 2 nitrogen and oxygen atoms in total. The normalized spacial score (nSPS) is 10.3. The molecule has 0 saturated carbocycles. The molecule has 0 fully saturated rings. The topological polar surface area (TPSA) is 26.3 Å². The van der Waals surface area contributed by atoms with Gasteiger partial charge in [-0.15, -0.1) is 0 Å². The molecule has 0 aliphatic heterocycles. The predicted molar refractivity (Wildman–Crippen MR) is 81.5 cm³/mol. The molecule has 0 radical (unpaired) electrons. The third-order valence-electron chi connectivity index (χ3n) is 3.48. The summed E-state index contributed by atoms with van der Waals surface area (Å²) in [6.45, 7) is 1.91. The summed E-state index contributed by atoms with van der Waals surface area (Å²) in [6, 6.07) is 16.0. The zero-order chi connectivity index (χ0) is 14.4. The number of ether oxygens (including phenoxy) is 1. The molecule has 0 saturated heterocycles. The second-order valence-corrected chi connectivity index (χ2v) is 4.78. The monoisotopic (exact) mass is 268 g/mol. The van der Waals surface area contributed by atoms with E-state index in [9.17, 15) is 4.79 Å². The summed E-state index contributed by atoms with van der Waals surface area (Å²) in [6.07, 6.45) is 2.37. The summed E-state index contributed by atoms with van der Waals surface area (Å²) in [5.41, 5.74) is 3.25. The van der Waals surface area contributed by atoms with E-state index < -0.39 is 0 Å². The third kappa shape index (κ3) is 3.47. The van der Waals surface area contributed by atoms with Gasteiger partial charge in [0.25, 0.3) is 0 Å². The highest BCUT2D eigenvalue weighted by Gasteiger charge is 2.08. The minimum absolute atomic E-state index is 0.218. The van der Waals surface area contributed by atoms with E-state index >= 15 is 0 Å². The largest absolute Gasteiger partial charge is 0.497 e. The average molecular weight is 268 g/mol. The first-order valence-electron chi connectivity index (χ1n) is 6.98. The van der Waals surface area contributed by atoms with Crippen LogP contribution in [-0.2, 0) is 12.8 Å². The standard InChI is InChI=1S/C18H20O2/c1-3-18(19)17-7-5-4-6-15(17)11-8-14-9-12-16(20-2)13-10-14/h4-7,9-10,12-13H,3,8,11H2,1-2H3. The Kier molecular flexibility index (Phi) is 4.94. The Hall–Kier alpha value is -2.09. The number of benzene rings is 2. The molecule has 0 aliphatic rings. The maximum atomic E-state index is 11.9. The first kappa shape index (κ1) is 14.3. The van der Waals surface area contributed by atoms with E-state index in [0.717, 1.165) is 29.7 Å². The van der Waals surface area contributed by atoms with Crippen molar-refractivity contribution in [3.05, 3.63) is 65.2 Å². The number of Topliss-reactive ketones (excluding diaryl/α,β-unsaturated/α-hetero) is 1. The van der Waals surface area contributed by atoms with Crippen LogP contribution in [0.4, 0.5) is 0 Å². The van der Waals surface area contributed by atoms with Gasteiger partial charge >= 0.3 is 0 Å². The third-order valence-corrected chi connectivity index (χ3v) is 3.48. The number of aryl methyl sites for hydroxylation is 2. The summed E-state index contributed by atoms with van der Waals surface area (Å²) < 4.78 is 5.15. The molecule has 2 heteroatoms. The van der Waals surface area contributed by atoms with Gasteiger partial charge in [-0.1, -0.05) is 43.3 Å². The van der Waals surface area contributed by atoms with Crippen LogP contribution in [0.5, 0.6) is 5.75 Å². The number of hydrogen-bond acceptors (Lipinski definition) is 2. The van der Waals surface area contributed by atoms with E-state index in [1.54, 1.807) is 7.11 Å². The van der Waals surface area contributed by atoms with Crippen molar-refractivity contribution in [3.63, 3.8) is 0 Å². The number of carbonyl (C=O) groups is 1. The summed E-state index contributed by atoms with van der Waals surface area (Å²) in [5.74, 6) is 1.09. The average Bonchev–Trinajstić information content (AvgIpc) is 2.53. The van der Waals surface area contributed by atoms with Gasteiger partial charge in [-0.25, -0.2) is 0 Å². The molecule has 0 aromatic heterocycles. The molecule has 0 spiro atoms. The fraction of sp³-hybridized carbons (Fsp3) is 0.278. The van der Waals surface area contributed by atoms with Gasteiger partial charge < -0.3 is 4.74 Å². The SMILES string of the molecule is CCC(=O)c1ccccc1CCc1ccc(OC)cc1. The van der Waals surface area contributed by atoms with Gasteiger partial charge in [0.2, 0.25) is 0 Å². The van der Waals surface area contributed by atoms with Crippen LogP contribution in [0.15, 0.2) is 48.5 Å². The van der Waals surface area contributed by atoms with E-state index in [2.05, 4.69) is 12.1 Å². The van der Waals surface area contributed by atoms with E-state index in [1.165, 1.54) is 5.56 Å². The molecule has 104 valence electrons. The highest BCUT2D eigenvalue weighted by molar-refractivity contribution is 5.97. The summed E-state index contributed by atoms with van der Waals surface area (Å²) >= 11 is 0. The smallest absolute Gasteiger partial charge is 0.162 e. The molecule has 2 aromatic rings. The van der Waals surface area contributed by atoms with Crippen LogP contribution < -0.4 is 4.74 Å². The first-order chi connectivity index (χ1) is 9.74. The lowest BCUT2D eigenvalue weighted by atomic mass is 9.96. The van der Waals surface area contributed by atoms with Crippen LogP contribution in [0.2, 0.25) is 0 Å². The van der Waals surface area contributed by atoms with Gasteiger partial charge in [-0.2, -0.15) is 0 Å². The molecular weight excluding hydrogens is 248 g/mol. The molecule has 0 amide bonds. The molecule has 0 aliphatic carbocycles. The van der Waals surface area contributed by atoms with Gasteiger partial charge in [-0.3, -0.25) is 4.79 Å². The van der Waals surface area contributed by atoms with Crippen LogP contribution in [0.1, 0.15) is 34.8 Å². The Labute approximate surface area is 120 Å². The zero-order valence-corrected chi connectivity index (χ0v) is 12.1. The van der Waals surface area contributed by atoms with Crippen molar-refractivity contribution in [1.82, 2.24) is 0 Å². The fourth-order valence-corrected chi connectivity index (χ4v) is 2.27. The lowest BCUT2D eigenvalue weighted by Gasteiger charge is -2.08. The van der Waals surface area contributed by atoms with E-state index in [0.29, 0.717) is 6.42 Å². The molecule has 0 heterocycles. The van der Waals surface area contributed by atoms with Crippen LogP contribution in [0, 0.1) is 0 Å². The van der Waals surface area contributed by atoms with Crippen molar-refractivity contribution in [2.24, 2.45) is 0 Å². The molecule has 20 heavy (non-hydrogen) atoms. The Morgan fingerprint density at radius 1 is 1.00 bits per heavy atom. The fourth-order valence-electron chi connectivity index (χ4n) is 2.27. The maximum absolute atomic E-state index is 11.9. The Balaban J connectivity index is 2.08. The predicted octanol–water partition coefficient (Wildman–Crippen LogP) is 4.07. The maximum Gasteiger partial charge on any atom is 0.162 e. The minimum atomic E-state index is 0.218. The molecule has 0 N–H and O–H groups in total.